The van der Waals surface area contributed by atoms with Crippen LogP contribution in [-0.4, -0.2) is 39.0 Å². The maximum Gasteiger partial charge on any atom is 0.255 e. The van der Waals surface area contributed by atoms with Gasteiger partial charge in [0.15, 0.2) is 0 Å². The Bertz CT molecular complexity index is 949. The van der Waals surface area contributed by atoms with E-state index in [4.69, 9.17) is 7.85 Å². The van der Waals surface area contributed by atoms with Crippen LogP contribution in [0.4, 0.5) is 5.69 Å². The van der Waals surface area contributed by atoms with Crippen molar-refractivity contribution in [3.8, 4) is 0 Å². The van der Waals surface area contributed by atoms with Crippen molar-refractivity contribution in [1.29, 1.82) is 0 Å². The van der Waals surface area contributed by atoms with Crippen LogP contribution in [-0.2, 0) is 10.0 Å². The molecule has 5 nitrogen and oxygen atoms in total. The number of carbonyl (C=O) groups is 1. The third kappa shape index (κ3) is 5.71. The van der Waals surface area contributed by atoms with Gasteiger partial charge in [-0.15, -0.1) is 0 Å². The van der Waals surface area contributed by atoms with E-state index in [1.54, 1.807) is 24.3 Å². The SMILES string of the molecule is CC.[B]C1CCCCN1S(=O)(=O)c1ccc(NC(=O)c2ccc(Br)c(C)c2)cc1. The first-order valence-electron chi connectivity index (χ1n) is 9.74. The number of aryl methyl sites for hydroxylation is 1. The highest BCUT2D eigenvalue weighted by Crippen LogP contribution is 2.25. The molecule has 1 aliphatic rings. The highest BCUT2D eigenvalue weighted by atomic mass is 79.9. The molecule has 2 aromatic carbocycles. The number of hydrogen-bond acceptors (Lipinski definition) is 3. The van der Waals surface area contributed by atoms with Gasteiger partial charge in [0.05, 0.1) is 12.7 Å². The number of sulfonamides is 1. The van der Waals surface area contributed by atoms with Gasteiger partial charge in [-0.3, -0.25) is 4.79 Å². The molecule has 0 bridgehead atoms. The summed E-state index contributed by atoms with van der Waals surface area (Å²) in [5.41, 5.74) is 2.02. The molecule has 1 amide bonds. The fourth-order valence-corrected chi connectivity index (χ4v) is 4.89. The molecule has 2 aromatic rings. The average Bonchev–Trinajstić information content (AvgIpc) is 2.72. The number of piperidine rings is 1. The van der Waals surface area contributed by atoms with E-state index in [2.05, 4.69) is 21.2 Å². The Morgan fingerprint density at radius 3 is 2.38 bits per heavy atom. The van der Waals surface area contributed by atoms with Crippen LogP contribution in [0.1, 0.15) is 49.0 Å². The molecule has 1 atom stereocenters. The van der Waals surface area contributed by atoms with Gasteiger partial charge in [-0.1, -0.05) is 36.2 Å². The molecule has 1 heterocycles. The third-order valence-electron chi connectivity index (χ3n) is 4.64. The van der Waals surface area contributed by atoms with Crippen LogP contribution in [0.3, 0.4) is 0 Å². The summed E-state index contributed by atoms with van der Waals surface area (Å²) >= 11 is 3.41. The third-order valence-corrected chi connectivity index (χ3v) is 7.47. The number of amides is 1. The number of benzene rings is 2. The van der Waals surface area contributed by atoms with Gasteiger partial charge in [-0.05, 0) is 73.7 Å². The van der Waals surface area contributed by atoms with E-state index >= 15 is 0 Å². The lowest BCUT2D eigenvalue weighted by atomic mass is 9.88. The number of nitrogens with zero attached hydrogens (tertiary/aromatic N) is 1. The van der Waals surface area contributed by atoms with Crippen molar-refractivity contribution in [3.63, 3.8) is 0 Å². The van der Waals surface area contributed by atoms with Crippen LogP contribution in [0.15, 0.2) is 51.8 Å². The van der Waals surface area contributed by atoms with Crippen LogP contribution in [0, 0.1) is 6.92 Å². The fraction of sp³-hybridized carbons (Fsp3) is 0.381. The van der Waals surface area contributed by atoms with Gasteiger partial charge in [-0.2, -0.15) is 0 Å². The van der Waals surface area contributed by atoms with E-state index in [0.29, 0.717) is 24.2 Å². The monoisotopic (exact) mass is 476 g/mol. The Kier molecular flexibility index (Phi) is 8.49. The lowest BCUT2D eigenvalue weighted by molar-refractivity contribution is 0.102. The molecule has 2 radical (unpaired) electrons. The van der Waals surface area contributed by atoms with Gasteiger partial charge in [0.25, 0.3) is 5.91 Å². The molecule has 0 aromatic heterocycles. The molecule has 1 unspecified atom stereocenters. The van der Waals surface area contributed by atoms with Crippen LogP contribution in [0.5, 0.6) is 0 Å². The van der Waals surface area contributed by atoms with Crippen molar-refractivity contribution >= 4 is 45.4 Å². The number of nitrogens with one attached hydrogen (secondary N) is 1. The van der Waals surface area contributed by atoms with Crippen LogP contribution < -0.4 is 5.32 Å². The van der Waals surface area contributed by atoms with Gasteiger partial charge in [0.1, 0.15) is 0 Å². The van der Waals surface area contributed by atoms with Gasteiger partial charge in [-0.25, -0.2) is 12.7 Å². The van der Waals surface area contributed by atoms with Crippen molar-refractivity contribution in [2.24, 2.45) is 0 Å². The summed E-state index contributed by atoms with van der Waals surface area (Å²) in [5.74, 6) is -0.733. The lowest BCUT2D eigenvalue weighted by Crippen LogP contribution is -2.43. The first-order valence-corrected chi connectivity index (χ1v) is 12.0. The Labute approximate surface area is 183 Å². The topological polar surface area (TPSA) is 66.5 Å². The van der Waals surface area contributed by atoms with Crippen LogP contribution in [0.25, 0.3) is 0 Å². The minimum absolute atomic E-state index is 0.178. The van der Waals surface area contributed by atoms with Crippen molar-refractivity contribution in [2.75, 3.05) is 11.9 Å². The second-order valence-electron chi connectivity index (χ2n) is 6.62. The second-order valence-corrected chi connectivity index (χ2v) is 9.37. The van der Waals surface area contributed by atoms with E-state index in [1.165, 1.54) is 16.4 Å². The summed E-state index contributed by atoms with van der Waals surface area (Å²) in [4.78, 5) is 12.6. The number of hydrogen-bond donors (Lipinski definition) is 1. The van der Waals surface area contributed by atoms with Crippen LogP contribution >= 0.6 is 15.9 Å². The number of rotatable bonds is 4. The lowest BCUT2D eigenvalue weighted by Gasteiger charge is -2.32. The van der Waals surface area contributed by atoms with Gasteiger partial charge >= 0.3 is 0 Å². The second kappa shape index (κ2) is 10.4. The molecule has 1 saturated heterocycles. The normalized spacial score (nSPS) is 17.2. The number of carbonyl (C=O) groups excluding carboxylic acids is 1. The molecule has 0 spiro atoms. The Morgan fingerprint density at radius 2 is 1.79 bits per heavy atom. The minimum atomic E-state index is -3.63. The molecular formula is C21H26BBrN2O3S. The van der Waals surface area contributed by atoms with Crippen molar-refractivity contribution in [2.45, 2.75) is 50.9 Å². The molecule has 1 N–H and O–H groups in total. The van der Waals surface area contributed by atoms with E-state index in [9.17, 15) is 13.2 Å². The molecule has 154 valence electrons. The molecule has 0 saturated carbocycles. The van der Waals surface area contributed by atoms with Gasteiger partial charge in [0, 0.05) is 22.3 Å². The highest BCUT2D eigenvalue weighted by molar-refractivity contribution is 9.10. The smallest absolute Gasteiger partial charge is 0.255 e. The summed E-state index contributed by atoms with van der Waals surface area (Å²) in [7, 11) is 2.34. The van der Waals surface area contributed by atoms with E-state index in [-0.39, 0.29) is 10.8 Å². The summed E-state index contributed by atoms with van der Waals surface area (Å²) < 4.78 is 27.8. The number of halogens is 1. The summed E-state index contributed by atoms with van der Waals surface area (Å²) in [6.45, 7) is 6.34. The zero-order chi connectivity index (χ0) is 21.6. The maximum atomic E-state index is 12.8. The average molecular weight is 477 g/mol. The minimum Gasteiger partial charge on any atom is -0.322 e. The fourth-order valence-electron chi connectivity index (χ4n) is 3.06. The quantitative estimate of drug-likeness (QED) is 0.650. The van der Waals surface area contributed by atoms with Gasteiger partial charge < -0.3 is 5.32 Å². The van der Waals surface area contributed by atoms with E-state index in [1.807, 2.05) is 26.8 Å². The molecule has 0 aliphatic carbocycles. The van der Waals surface area contributed by atoms with E-state index in [0.717, 1.165) is 22.9 Å². The first kappa shape index (κ1) is 23.6. The molecule has 29 heavy (non-hydrogen) atoms. The molecular weight excluding hydrogens is 451 g/mol. The van der Waals surface area contributed by atoms with Crippen molar-refractivity contribution in [3.05, 3.63) is 58.1 Å². The van der Waals surface area contributed by atoms with Crippen molar-refractivity contribution < 1.29 is 13.2 Å². The summed E-state index contributed by atoms with van der Waals surface area (Å²) in [6.07, 6.45) is 2.42. The molecule has 8 heteroatoms. The predicted molar refractivity (Wildman–Crippen MR) is 122 cm³/mol. The maximum absolute atomic E-state index is 12.8. The first-order chi connectivity index (χ1) is 13.8. The predicted octanol–water partition coefficient (Wildman–Crippen LogP) is 4.71. The Balaban J connectivity index is 0.00000145. The largest absolute Gasteiger partial charge is 0.322 e. The van der Waals surface area contributed by atoms with Gasteiger partial charge in [0.2, 0.25) is 10.0 Å². The molecule has 1 aliphatic heterocycles. The summed E-state index contributed by atoms with van der Waals surface area (Å²) in [5, 5.41) is 2.78. The van der Waals surface area contributed by atoms with E-state index < -0.39 is 16.0 Å². The molecule has 1 fully saturated rings. The Morgan fingerprint density at radius 1 is 1.14 bits per heavy atom. The zero-order valence-corrected chi connectivity index (χ0v) is 19.4. The summed E-state index contributed by atoms with van der Waals surface area (Å²) in [6, 6.07) is 11.5. The number of anilines is 1. The standard InChI is InChI=1S/C19H20BBrN2O3S.C2H6/c1-13-12-14(5-10-17(13)21)19(24)22-15-6-8-16(9-7-15)27(25,26)23-11-3-2-4-18(23)20;1-2/h5-10,12,18H,2-4,11H2,1H3,(H,22,24);1-2H3. The zero-order valence-electron chi connectivity index (χ0n) is 17.0. The Hall–Kier alpha value is -1.64. The van der Waals surface area contributed by atoms with Crippen LogP contribution in [0.2, 0.25) is 0 Å². The molecule has 3 rings (SSSR count). The highest BCUT2D eigenvalue weighted by Gasteiger charge is 2.30. The van der Waals surface area contributed by atoms with Crippen molar-refractivity contribution in [1.82, 2.24) is 4.31 Å².